The highest BCUT2D eigenvalue weighted by atomic mass is 16.7. The molecule has 2 rings (SSSR count). The van der Waals surface area contributed by atoms with Gasteiger partial charge in [-0.05, 0) is 41.5 Å². The minimum absolute atomic E-state index is 0.0287. The van der Waals surface area contributed by atoms with Crippen molar-refractivity contribution in [1.82, 2.24) is 0 Å². The molecule has 0 radical (unpaired) electrons. The highest BCUT2D eigenvalue weighted by Crippen LogP contribution is 2.37. The summed E-state index contributed by atoms with van der Waals surface area (Å²) >= 11 is 0. The molecule has 0 aromatic rings. The fraction of sp³-hybridized carbons (Fsp3) is 0.846. The molecule has 2 aliphatic heterocycles. The molecule has 0 amide bonds. The number of hydrogen-bond acceptors (Lipinski definition) is 4. The Morgan fingerprint density at radius 3 is 2.00 bits per heavy atom. The first-order chi connectivity index (χ1) is 8.11. The summed E-state index contributed by atoms with van der Waals surface area (Å²) in [6, 6.07) is 0. The van der Waals surface area contributed by atoms with Crippen molar-refractivity contribution in [3.63, 3.8) is 0 Å². The average molecular weight is 254 g/mol. The molecule has 5 heteroatoms. The van der Waals surface area contributed by atoms with Gasteiger partial charge in [0.25, 0.3) is 0 Å². The molecule has 102 valence electrons. The molecular formula is C13H23BO4. The van der Waals surface area contributed by atoms with Crippen LogP contribution in [0.15, 0.2) is 12.1 Å². The van der Waals surface area contributed by atoms with Crippen LogP contribution in [0.5, 0.6) is 0 Å². The molecule has 0 saturated carbocycles. The summed E-state index contributed by atoms with van der Waals surface area (Å²) < 4.78 is 22.9. The molecule has 0 unspecified atom stereocenters. The molecule has 2 heterocycles. The van der Waals surface area contributed by atoms with E-state index in [2.05, 4.69) is 0 Å². The second kappa shape index (κ2) is 4.34. The second-order valence-corrected chi connectivity index (χ2v) is 6.38. The van der Waals surface area contributed by atoms with Crippen molar-refractivity contribution in [2.75, 3.05) is 6.61 Å². The van der Waals surface area contributed by atoms with Crippen LogP contribution in [0.1, 0.15) is 41.5 Å². The van der Waals surface area contributed by atoms with E-state index in [1.165, 1.54) is 0 Å². The summed E-state index contributed by atoms with van der Waals surface area (Å²) in [4.78, 5) is 0. The molecule has 1 atom stereocenters. The Hall–Kier alpha value is -0.355. The molecule has 0 aromatic carbocycles. The lowest BCUT2D eigenvalue weighted by Gasteiger charge is -2.32. The predicted octanol–water partition coefficient (Wildman–Crippen LogP) is 2.33. The molecule has 4 nitrogen and oxygen atoms in total. The Morgan fingerprint density at radius 2 is 1.56 bits per heavy atom. The molecule has 2 fully saturated rings. The first kappa shape index (κ1) is 14.1. The zero-order chi connectivity index (χ0) is 13.6. The molecular weight excluding hydrogens is 231 g/mol. The number of rotatable bonds is 2. The average Bonchev–Trinajstić information content (AvgIpc) is 2.62. The molecule has 18 heavy (non-hydrogen) atoms. The molecule has 0 N–H and O–H groups in total. The van der Waals surface area contributed by atoms with Gasteiger partial charge in [0.1, 0.15) is 6.10 Å². The van der Waals surface area contributed by atoms with Gasteiger partial charge in [0.05, 0.1) is 17.8 Å². The predicted molar refractivity (Wildman–Crippen MR) is 70.1 cm³/mol. The topological polar surface area (TPSA) is 36.9 Å². The van der Waals surface area contributed by atoms with Gasteiger partial charge in [-0.25, -0.2) is 0 Å². The Labute approximate surface area is 110 Å². The van der Waals surface area contributed by atoms with E-state index in [-0.39, 0.29) is 24.4 Å². The van der Waals surface area contributed by atoms with E-state index in [4.69, 9.17) is 18.8 Å². The van der Waals surface area contributed by atoms with Crippen LogP contribution in [-0.4, -0.2) is 36.8 Å². The zero-order valence-corrected chi connectivity index (χ0v) is 12.1. The minimum atomic E-state index is -0.495. The number of ether oxygens (including phenoxy) is 2. The summed E-state index contributed by atoms with van der Waals surface area (Å²) in [7, 11) is -0.317. The fourth-order valence-electron chi connectivity index (χ4n) is 1.99. The van der Waals surface area contributed by atoms with E-state index >= 15 is 0 Å². The van der Waals surface area contributed by atoms with Gasteiger partial charge < -0.3 is 18.8 Å². The van der Waals surface area contributed by atoms with E-state index in [9.17, 15) is 0 Å². The molecule has 0 aliphatic carbocycles. The summed E-state index contributed by atoms with van der Waals surface area (Å²) in [5.41, 5.74) is -0.595. The third-order valence-corrected chi connectivity index (χ3v) is 3.78. The lowest BCUT2D eigenvalue weighted by molar-refractivity contribution is -0.133. The van der Waals surface area contributed by atoms with Crippen LogP contribution in [0.4, 0.5) is 0 Å². The highest BCUT2D eigenvalue weighted by Gasteiger charge is 2.50. The number of hydrogen-bond donors (Lipinski definition) is 0. The standard InChI is InChI=1S/C13H23BO4/c1-11(2)12(3,4)18-14(17-11)8-7-10-9-15-13(5,6)16-10/h7-8,10H,9H2,1-6H3/t10-/m0/s1. The van der Waals surface area contributed by atoms with Crippen molar-refractivity contribution < 1.29 is 18.8 Å². The maximum absolute atomic E-state index is 5.87. The van der Waals surface area contributed by atoms with E-state index in [0.29, 0.717) is 6.61 Å². The fourth-order valence-corrected chi connectivity index (χ4v) is 1.99. The third-order valence-electron chi connectivity index (χ3n) is 3.78. The van der Waals surface area contributed by atoms with Gasteiger partial charge in [0, 0.05) is 0 Å². The van der Waals surface area contributed by atoms with Crippen LogP contribution < -0.4 is 0 Å². The van der Waals surface area contributed by atoms with Gasteiger partial charge in [0.2, 0.25) is 0 Å². The molecule has 2 saturated heterocycles. The van der Waals surface area contributed by atoms with Gasteiger partial charge in [-0.2, -0.15) is 0 Å². The summed E-state index contributed by atoms with van der Waals surface area (Å²) in [6.45, 7) is 12.6. The van der Waals surface area contributed by atoms with Crippen molar-refractivity contribution in [2.45, 2.75) is 64.6 Å². The van der Waals surface area contributed by atoms with Gasteiger partial charge in [-0.1, -0.05) is 12.1 Å². The third kappa shape index (κ3) is 2.80. The van der Waals surface area contributed by atoms with Crippen LogP contribution in [-0.2, 0) is 18.8 Å². The Kier molecular flexibility index (Phi) is 3.39. The van der Waals surface area contributed by atoms with Gasteiger partial charge in [0.15, 0.2) is 5.79 Å². The monoisotopic (exact) mass is 254 g/mol. The summed E-state index contributed by atoms with van der Waals surface area (Å²) in [6.07, 6.45) is 1.93. The minimum Gasteiger partial charge on any atom is -0.400 e. The molecule has 0 bridgehead atoms. The van der Waals surface area contributed by atoms with Crippen molar-refractivity contribution in [1.29, 1.82) is 0 Å². The maximum atomic E-state index is 5.87. The van der Waals surface area contributed by atoms with Gasteiger partial charge >= 0.3 is 7.12 Å². The quantitative estimate of drug-likeness (QED) is 0.709. The van der Waals surface area contributed by atoms with Crippen molar-refractivity contribution >= 4 is 7.12 Å². The van der Waals surface area contributed by atoms with Crippen LogP contribution in [0, 0.1) is 0 Å². The SMILES string of the molecule is CC1(C)OC[C@H](C=CB2OC(C)(C)C(C)(C)O2)O1. The van der Waals surface area contributed by atoms with E-state index in [0.717, 1.165) is 0 Å². The normalized spacial score (nSPS) is 33.4. The molecule has 2 aliphatic rings. The van der Waals surface area contributed by atoms with Crippen molar-refractivity contribution in [2.24, 2.45) is 0 Å². The Balaban J connectivity index is 1.93. The second-order valence-electron chi connectivity index (χ2n) is 6.38. The smallest absolute Gasteiger partial charge is 0.400 e. The van der Waals surface area contributed by atoms with E-state index < -0.39 is 5.79 Å². The lowest BCUT2D eigenvalue weighted by Crippen LogP contribution is -2.41. The van der Waals surface area contributed by atoms with Crippen LogP contribution >= 0.6 is 0 Å². The van der Waals surface area contributed by atoms with Crippen LogP contribution in [0.3, 0.4) is 0 Å². The Bertz CT molecular complexity index is 333. The van der Waals surface area contributed by atoms with E-state index in [1.54, 1.807) is 0 Å². The molecule has 0 aromatic heterocycles. The highest BCUT2D eigenvalue weighted by molar-refractivity contribution is 6.51. The van der Waals surface area contributed by atoms with Crippen LogP contribution in [0.25, 0.3) is 0 Å². The largest absolute Gasteiger partial charge is 0.486 e. The first-order valence-corrected chi connectivity index (χ1v) is 6.47. The summed E-state index contributed by atoms with van der Waals surface area (Å²) in [5, 5.41) is 0. The van der Waals surface area contributed by atoms with E-state index in [1.807, 2.05) is 53.6 Å². The maximum Gasteiger partial charge on any atom is 0.486 e. The molecule has 0 spiro atoms. The van der Waals surface area contributed by atoms with Gasteiger partial charge in [-0.15, -0.1) is 0 Å². The Morgan fingerprint density at radius 1 is 1.00 bits per heavy atom. The van der Waals surface area contributed by atoms with Crippen molar-refractivity contribution in [3.05, 3.63) is 12.1 Å². The zero-order valence-electron chi connectivity index (χ0n) is 12.1. The van der Waals surface area contributed by atoms with Gasteiger partial charge in [-0.3, -0.25) is 0 Å². The van der Waals surface area contributed by atoms with Crippen molar-refractivity contribution in [3.8, 4) is 0 Å². The summed E-state index contributed by atoms with van der Waals surface area (Å²) in [5.74, 6) is 1.41. The first-order valence-electron chi connectivity index (χ1n) is 6.47. The lowest BCUT2D eigenvalue weighted by atomic mass is 9.89. The van der Waals surface area contributed by atoms with Crippen LogP contribution in [0.2, 0.25) is 0 Å².